The molecule has 1 N–H and O–H groups in total. The summed E-state index contributed by atoms with van der Waals surface area (Å²) < 4.78 is 37.7. The number of benzene rings is 1. The largest absolute Gasteiger partial charge is 0.495 e. The van der Waals surface area contributed by atoms with Crippen molar-refractivity contribution in [2.45, 2.75) is 37.1 Å². The van der Waals surface area contributed by atoms with E-state index in [4.69, 9.17) is 9.47 Å². The van der Waals surface area contributed by atoms with Crippen LogP contribution in [0.5, 0.6) is 5.75 Å². The van der Waals surface area contributed by atoms with Crippen molar-refractivity contribution in [3.63, 3.8) is 0 Å². The first-order chi connectivity index (χ1) is 13.4. The molecular weight excluding hydrogens is 384 g/mol. The average molecular weight is 410 g/mol. The van der Waals surface area contributed by atoms with Crippen LogP contribution in [0.4, 0.5) is 0 Å². The molecule has 0 radical (unpaired) electrons. The minimum atomic E-state index is -3.82. The predicted molar refractivity (Wildman–Crippen MR) is 101 cm³/mol. The van der Waals surface area contributed by atoms with E-state index in [1.54, 1.807) is 6.07 Å². The summed E-state index contributed by atoms with van der Waals surface area (Å²) in [6, 6.07) is 4.67. The van der Waals surface area contributed by atoms with Crippen molar-refractivity contribution in [1.29, 1.82) is 0 Å². The molecule has 8 nitrogen and oxygen atoms in total. The van der Waals surface area contributed by atoms with Gasteiger partial charge in [0.05, 0.1) is 32.1 Å². The first-order valence-corrected chi connectivity index (χ1v) is 10.9. The lowest BCUT2D eigenvalue weighted by molar-refractivity contribution is -0.140. The van der Waals surface area contributed by atoms with Crippen molar-refractivity contribution in [2.75, 3.05) is 27.4 Å². The minimum Gasteiger partial charge on any atom is -0.495 e. The first kappa shape index (κ1) is 20.8. The molecular formula is C19H26N2O6S. The number of rotatable bonds is 8. The Hall–Kier alpha value is -1.97. The molecule has 0 unspecified atom stereocenters. The average Bonchev–Trinajstić information content (AvgIpc) is 2.93. The SMILES string of the molecule is COCCNS(=O)(=O)c1cc(CN2C(=O)[C@H]3CCCC[C@H]3C2=O)ccc1OC. The predicted octanol–water partition coefficient (Wildman–Crippen LogP) is 1.30. The lowest BCUT2D eigenvalue weighted by Gasteiger charge is -2.19. The van der Waals surface area contributed by atoms with Crippen molar-refractivity contribution in [3.05, 3.63) is 23.8 Å². The van der Waals surface area contributed by atoms with Gasteiger partial charge in [0.25, 0.3) is 0 Å². The maximum Gasteiger partial charge on any atom is 0.244 e. The Morgan fingerprint density at radius 1 is 1.11 bits per heavy atom. The van der Waals surface area contributed by atoms with Crippen LogP contribution in [0.15, 0.2) is 23.1 Å². The minimum absolute atomic E-state index is 0.0277. The van der Waals surface area contributed by atoms with Gasteiger partial charge in [-0.05, 0) is 30.5 Å². The number of carbonyl (C=O) groups excluding carboxylic acids is 2. The van der Waals surface area contributed by atoms with Gasteiger partial charge in [-0.25, -0.2) is 13.1 Å². The number of fused-ring (bicyclic) bond motifs is 1. The molecule has 1 aliphatic heterocycles. The molecule has 1 heterocycles. The molecule has 3 rings (SSSR count). The highest BCUT2D eigenvalue weighted by molar-refractivity contribution is 7.89. The Kier molecular flexibility index (Phi) is 6.36. The summed E-state index contributed by atoms with van der Waals surface area (Å²) in [4.78, 5) is 26.6. The van der Waals surface area contributed by atoms with Gasteiger partial charge in [-0.3, -0.25) is 14.5 Å². The number of amides is 2. The van der Waals surface area contributed by atoms with E-state index in [0.29, 0.717) is 5.56 Å². The van der Waals surface area contributed by atoms with Crippen LogP contribution in [0.25, 0.3) is 0 Å². The van der Waals surface area contributed by atoms with Crippen LogP contribution in [0.2, 0.25) is 0 Å². The maximum absolute atomic E-state index is 12.7. The second-order valence-electron chi connectivity index (χ2n) is 7.14. The van der Waals surface area contributed by atoms with E-state index in [2.05, 4.69) is 4.72 Å². The van der Waals surface area contributed by atoms with Crippen LogP contribution in [-0.4, -0.2) is 52.5 Å². The Balaban J connectivity index is 1.83. The highest BCUT2D eigenvalue weighted by atomic mass is 32.2. The van der Waals surface area contributed by atoms with E-state index >= 15 is 0 Å². The van der Waals surface area contributed by atoms with Gasteiger partial charge in [0.1, 0.15) is 10.6 Å². The normalized spacial score (nSPS) is 22.4. The Morgan fingerprint density at radius 2 is 1.75 bits per heavy atom. The lowest BCUT2D eigenvalue weighted by Crippen LogP contribution is -2.31. The highest BCUT2D eigenvalue weighted by Gasteiger charge is 2.47. The number of nitrogens with zero attached hydrogens (tertiary/aromatic N) is 1. The topological polar surface area (TPSA) is 102 Å². The van der Waals surface area contributed by atoms with Crippen LogP contribution in [-0.2, 0) is 30.9 Å². The van der Waals surface area contributed by atoms with Crippen LogP contribution >= 0.6 is 0 Å². The van der Waals surface area contributed by atoms with E-state index in [-0.39, 0.29) is 54.0 Å². The van der Waals surface area contributed by atoms with Crippen molar-refractivity contribution in [3.8, 4) is 5.75 Å². The van der Waals surface area contributed by atoms with Crippen LogP contribution < -0.4 is 9.46 Å². The third-order valence-corrected chi connectivity index (χ3v) is 6.87. The molecule has 2 aliphatic rings. The third-order valence-electron chi connectivity index (χ3n) is 5.39. The number of nitrogens with one attached hydrogen (secondary N) is 1. The molecule has 2 atom stereocenters. The monoisotopic (exact) mass is 410 g/mol. The number of ether oxygens (including phenoxy) is 2. The number of methoxy groups -OCH3 is 2. The molecule has 1 aliphatic carbocycles. The third kappa shape index (κ3) is 4.06. The fourth-order valence-electron chi connectivity index (χ4n) is 3.95. The second kappa shape index (κ2) is 8.59. The van der Waals surface area contributed by atoms with Crippen molar-refractivity contribution in [1.82, 2.24) is 9.62 Å². The molecule has 2 fully saturated rings. The number of hydrogen-bond acceptors (Lipinski definition) is 6. The summed E-state index contributed by atoms with van der Waals surface area (Å²) in [5.41, 5.74) is 0.563. The van der Waals surface area contributed by atoms with Gasteiger partial charge in [0, 0.05) is 13.7 Å². The van der Waals surface area contributed by atoms with Gasteiger partial charge in [0.2, 0.25) is 21.8 Å². The number of imide groups is 1. The standard InChI is InChI=1S/C19H26N2O6S/c1-26-10-9-20-28(24,25)17-11-13(7-8-16(17)27-2)12-21-18(22)14-5-3-4-6-15(14)19(21)23/h7-8,11,14-15,20H,3-6,9-10,12H2,1-2H3/t14-,15+. The van der Waals surface area contributed by atoms with Gasteiger partial charge in [-0.15, -0.1) is 0 Å². The molecule has 0 spiro atoms. The molecule has 1 saturated heterocycles. The van der Waals surface area contributed by atoms with E-state index < -0.39 is 10.0 Å². The maximum atomic E-state index is 12.7. The first-order valence-electron chi connectivity index (χ1n) is 9.39. The quantitative estimate of drug-likeness (QED) is 0.512. The second-order valence-corrected chi connectivity index (χ2v) is 8.87. The van der Waals surface area contributed by atoms with Gasteiger partial charge in [-0.1, -0.05) is 18.9 Å². The van der Waals surface area contributed by atoms with Gasteiger partial charge >= 0.3 is 0 Å². The zero-order valence-electron chi connectivity index (χ0n) is 16.1. The smallest absolute Gasteiger partial charge is 0.244 e. The summed E-state index contributed by atoms with van der Waals surface area (Å²) in [7, 11) is -0.949. The highest BCUT2D eigenvalue weighted by Crippen LogP contribution is 2.38. The van der Waals surface area contributed by atoms with E-state index in [0.717, 1.165) is 25.7 Å². The van der Waals surface area contributed by atoms with Crippen molar-refractivity contribution in [2.24, 2.45) is 11.8 Å². The Morgan fingerprint density at radius 3 is 2.32 bits per heavy atom. The van der Waals surface area contributed by atoms with E-state index in [1.807, 2.05) is 0 Å². The zero-order chi connectivity index (χ0) is 20.3. The molecule has 2 amide bonds. The molecule has 1 aromatic carbocycles. The van der Waals surface area contributed by atoms with E-state index in [1.165, 1.54) is 31.3 Å². The molecule has 154 valence electrons. The summed E-state index contributed by atoms with van der Waals surface area (Å²) in [6.45, 7) is 0.425. The van der Waals surface area contributed by atoms with Crippen molar-refractivity contribution >= 4 is 21.8 Å². The fraction of sp³-hybridized carbons (Fsp3) is 0.579. The van der Waals surface area contributed by atoms with Gasteiger partial charge in [0.15, 0.2) is 0 Å². The Bertz CT molecular complexity index is 830. The number of sulfonamides is 1. The molecule has 0 aromatic heterocycles. The summed E-state index contributed by atoms with van der Waals surface area (Å²) in [5, 5.41) is 0. The van der Waals surface area contributed by atoms with Gasteiger partial charge < -0.3 is 9.47 Å². The molecule has 9 heteroatoms. The number of carbonyl (C=O) groups is 2. The Labute approximate surface area is 165 Å². The molecule has 1 saturated carbocycles. The van der Waals surface area contributed by atoms with E-state index in [9.17, 15) is 18.0 Å². The van der Waals surface area contributed by atoms with Crippen LogP contribution in [0, 0.1) is 11.8 Å². The summed E-state index contributed by atoms with van der Waals surface area (Å²) in [5.74, 6) is -0.542. The van der Waals surface area contributed by atoms with Crippen molar-refractivity contribution < 1.29 is 27.5 Å². The van der Waals surface area contributed by atoms with Crippen LogP contribution in [0.1, 0.15) is 31.2 Å². The summed E-state index contributed by atoms with van der Waals surface area (Å²) >= 11 is 0. The molecule has 0 bridgehead atoms. The fourth-order valence-corrected chi connectivity index (χ4v) is 5.19. The van der Waals surface area contributed by atoms with Crippen LogP contribution in [0.3, 0.4) is 0 Å². The molecule has 1 aromatic rings. The summed E-state index contributed by atoms with van der Waals surface area (Å²) in [6.07, 6.45) is 3.42. The number of likely N-dealkylation sites (tertiary alicyclic amines) is 1. The number of hydrogen-bond donors (Lipinski definition) is 1. The molecule has 28 heavy (non-hydrogen) atoms. The zero-order valence-corrected chi connectivity index (χ0v) is 17.0. The van der Waals surface area contributed by atoms with Gasteiger partial charge in [-0.2, -0.15) is 0 Å². The lowest BCUT2D eigenvalue weighted by atomic mass is 9.81.